The number of phosphoric acid groups is 1. The van der Waals surface area contributed by atoms with E-state index in [1.165, 1.54) is 295 Å². The van der Waals surface area contributed by atoms with E-state index in [1.807, 2.05) is 33.3 Å². The Kier molecular flexibility index (Phi) is 65.8. The van der Waals surface area contributed by atoms with Crippen molar-refractivity contribution in [2.24, 2.45) is 0 Å². The number of esters is 1. The van der Waals surface area contributed by atoms with Crippen molar-refractivity contribution in [2.45, 2.75) is 405 Å². The van der Waals surface area contributed by atoms with Crippen molar-refractivity contribution < 1.29 is 37.3 Å². The Hall–Kier alpha value is -1.77. The van der Waals surface area contributed by atoms with Gasteiger partial charge in [0.2, 0.25) is 5.91 Å². The first-order valence-corrected chi connectivity index (χ1v) is 39.8. The van der Waals surface area contributed by atoms with Crippen molar-refractivity contribution in [3.8, 4) is 0 Å². The van der Waals surface area contributed by atoms with E-state index in [0.29, 0.717) is 17.4 Å². The number of ether oxygens (including phenoxy) is 1. The highest BCUT2D eigenvalue weighted by molar-refractivity contribution is 7.45. The molecule has 0 radical (unpaired) electrons. The summed E-state index contributed by atoms with van der Waals surface area (Å²) in [6, 6.07) is -0.887. The van der Waals surface area contributed by atoms with Crippen LogP contribution in [-0.2, 0) is 27.9 Å². The number of nitrogens with zero attached hydrogens (tertiary/aromatic N) is 1. The molecule has 9 nitrogen and oxygen atoms in total. The second kappa shape index (κ2) is 67.1. The van der Waals surface area contributed by atoms with E-state index in [4.69, 9.17) is 13.8 Å². The van der Waals surface area contributed by atoms with Gasteiger partial charge in [0.1, 0.15) is 19.3 Å². The fourth-order valence-electron chi connectivity index (χ4n) is 11.7. The third-order valence-corrected chi connectivity index (χ3v) is 18.5. The van der Waals surface area contributed by atoms with Gasteiger partial charge in [-0.05, 0) is 63.9 Å². The van der Waals surface area contributed by atoms with Gasteiger partial charge in [-0.15, -0.1) is 0 Å². The lowest BCUT2D eigenvalue weighted by atomic mass is 10.0. The molecule has 0 saturated carbocycles. The van der Waals surface area contributed by atoms with E-state index < -0.39 is 20.0 Å². The van der Waals surface area contributed by atoms with Gasteiger partial charge in [-0.2, -0.15) is 0 Å². The highest BCUT2D eigenvalue weighted by atomic mass is 31.2. The van der Waals surface area contributed by atoms with E-state index in [2.05, 4.69) is 50.4 Å². The Labute approximate surface area is 542 Å². The fraction of sp³-hybridized carbons (Fsp3) is 0.896. The number of hydrogen-bond donors (Lipinski definition) is 1. The van der Waals surface area contributed by atoms with Crippen molar-refractivity contribution in [1.82, 2.24) is 5.32 Å². The number of amides is 1. The molecule has 1 amide bonds. The van der Waals surface area contributed by atoms with Gasteiger partial charge in [0.05, 0.1) is 33.8 Å². The first-order chi connectivity index (χ1) is 42.4. The third-order valence-electron chi connectivity index (χ3n) is 17.6. The molecular weight excluding hydrogens is 1100 g/mol. The Morgan fingerprint density at radius 3 is 1.06 bits per heavy atom. The van der Waals surface area contributed by atoms with Crippen LogP contribution in [-0.4, -0.2) is 69.4 Å². The number of carbonyl (C=O) groups excluding carboxylic acids is 2. The number of carbonyl (C=O) groups is 2. The zero-order valence-corrected chi connectivity index (χ0v) is 59.9. The molecule has 0 saturated heterocycles. The molecule has 10 heteroatoms. The van der Waals surface area contributed by atoms with Crippen molar-refractivity contribution >= 4 is 19.7 Å². The van der Waals surface area contributed by atoms with Crippen LogP contribution in [0.2, 0.25) is 0 Å². The second-order valence-corrected chi connectivity index (χ2v) is 28.9. The first-order valence-electron chi connectivity index (χ1n) is 38.3. The zero-order chi connectivity index (χ0) is 63.5. The lowest BCUT2D eigenvalue weighted by Crippen LogP contribution is -2.47. The minimum absolute atomic E-state index is 0.0194. The average molecular weight is 1250 g/mol. The van der Waals surface area contributed by atoms with E-state index >= 15 is 0 Å². The molecule has 0 fully saturated rings. The molecule has 0 aliphatic rings. The summed E-state index contributed by atoms with van der Waals surface area (Å²) in [6.07, 6.45) is 84.2. The topological polar surface area (TPSA) is 114 Å². The summed E-state index contributed by atoms with van der Waals surface area (Å²) in [5, 5.41) is 3.06. The summed E-state index contributed by atoms with van der Waals surface area (Å²) in [6.45, 7) is 6.89. The van der Waals surface area contributed by atoms with Gasteiger partial charge in [0, 0.05) is 12.8 Å². The molecular formula is C77H149N2O7P. The minimum atomic E-state index is -4.70. The van der Waals surface area contributed by atoms with E-state index in [0.717, 1.165) is 64.2 Å². The summed E-state index contributed by atoms with van der Waals surface area (Å²) in [5.74, 6) is -0.520. The smallest absolute Gasteiger partial charge is 0.306 e. The molecule has 1 N–H and O–H groups in total. The van der Waals surface area contributed by atoms with Crippen LogP contribution in [0.1, 0.15) is 393 Å². The maximum atomic E-state index is 13.6. The van der Waals surface area contributed by atoms with Crippen LogP contribution in [0, 0.1) is 0 Å². The van der Waals surface area contributed by atoms with E-state index in [-0.39, 0.29) is 31.5 Å². The van der Waals surface area contributed by atoms with Gasteiger partial charge in [-0.1, -0.05) is 353 Å². The van der Waals surface area contributed by atoms with Crippen molar-refractivity contribution in [3.63, 3.8) is 0 Å². The highest BCUT2D eigenvalue weighted by Crippen LogP contribution is 2.38. The quantitative estimate of drug-likeness (QED) is 0.0212. The molecule has 3 atom stereocenters. The van der Waals surface area contributed by atoms with Crippen molar-refractivity contribution in [3.05, 3.63) is 36.5 Å². The normalized spacial score (nSPS) is 13.6. The molecule has 3 unspecified atom stereocenters. The number of allylic oxidation sites excluding steroid dienone is 5. The summed E-state index contributed by atoms with van der Waals surface area (Å²) >= 11 is 0. The van der Waals surface area contributed by atoms with E-state index in [1.54, 1.807) is 0 Å². The molecule has 0 aliphatic heterocycles. The Bertz CT molecular complexity index is 1580. The first kappa shape index (κ1) is 85.2. The molecule has 0 aromatic carbocycles. The van der Waals surface area contributed by atoms with Gasteiger partial charge in [0.15, 0.2) is 0 Å². The van der Waals surface area contributed by atoms with Crippen LogP contribution in [0.25, 0.3) is 0 Å². The molecule has 87 heavy (non-hydrogen) atoms. The summed E-state index contributed by atoms with van der Waals surface area (Å²) < 4.78 is 30.5. The van der Waals surface area contributed by atoms with E-state index in [9.17, 15) is 19.0 Å². The molecule has 0 rings (SSSR count). The van der Waals surface area contributed by atoms with Crippen LogP contribution < -0.4 is 10.2 Å². The van der Waals surface area contributed by atoms with Gasteiger partial charge in [-0.25, -0.2) is 0 Å². The van der Waals surface area contributed by atoms with Gasteiger partial charge >= 0.3 is 5.97 Å². The molecule has 514 valence electrons. The number of rotatable bonds is 71. The van der Waals surface area contributed by atoms with Crippen LogP contribution in [0.4, 0.5) is 0 Å². The van der Waals surface area contributed by atoms with Crippen molar-refractivity contribution in [2.75, 3.05) is 40.9 Å². The number of phosphoric ester groups is 1. The number of hydrogen-bond acceptors (Lipinski definition) is 7. The second-order valence-electron chi connectivity index (χ2n) is 27.5. The molecule has 0 spiro atoms. The Morgan fingerprint density at radius 2 is 0.701 bits per heavy atom. The van der Waals surface area contributed by atoms with Crippen LogP contribution >= 0.6 is 7.82 Å². The molecule has 0 aliphatic carbocycles. The molecule has 0 aromatic rings. The van der Waals surface area contributed by atoms with Gasteiger partial charge in [-0.3, -0.25) is 14.2 Å². The lowest BCUT2D eigenvalue weighted by molar-refractivity contribution is -0.870. The molecule has 0 aromatic heterocycles. The summed E-state index contributed by atoms with van der Waals surface area (Å²) in [5.41, 5.74) is 0. The number of quaternary nitrogens is 1. The van der Waals surface area contributed by atoms with Crippen molar-refractivity contribution in [1.29, 1.82) is 0 Å². The predicted molar refractivity (Wildman–Crippen MR) is 376 cm³/mol. The fourth-order valence-corrected chi connectivity index (χ4v) is 12.4. The predicted octanol–water partition coefficient (Wildman–Crippen LogP) is 23.9. The summed E-state index contributed by atoms with van der Waals surface area (Å²) in [4.78, 5) is 40.3. The lowest BCUT2D eigenvalue weighted by Gasteiger charge is -2.30. The number of likely N-dealkylation sites (N-methyl/N-ethyl adjacent to an activating group) is 1. The van der Waals surface area contributed by atoms with Gasteiger partial charge in [0.25, 0.3) is 7.82 Å². The van der Waals surface area contributed by atoms with Gasteiger partial charge < -0.3 is 28.5 Å². The summed E-state index contributed by atoms with van der Waals surface area (Å²) in [7, 11) is 1.20. The number of nitrogens with one attached hydrogen (secondary N) is 1. The Morgan fingerprint density at radius 1 is 0.402 bits per heavy atom. The SMILES string of the molecule is CCCCC/C=C\C/C=C\CCCCCCCCCCCCCC(=O)OC(/C=C/CCCCCCCCCCCCC)C(COP(=O)([O-])OCC[N+](C)(C)C)NC(=O)CCCCCCCCCCCCCCCCCCCCCCCCCCCCC. The van der Waals surface area contributed by atoms with Crippen LogP contribution in [0.5, 0.6) is 0 Å². The van der Waals surface area contributed by atoms with Crippen LogP contribution in [0.15, 0.2) is 36.5 Å². The zero-order valence-electron chi connectivity index (χ0n) is 59.0. The monoisotopic (exact) mass is 1250 g/mol. The number of unbranched alkanes of at least 4 members (excludes halogenated alkanes) is 51. The maximum absolute atomic E-state index is 13.6. The van der Waals surface area contributed by atoms with Crippen LogP contribution in [0.3, 0.4) is 0 Å². The average Bonchev–Trinajstić information content (AvgIpc) is 3.70. The minimum Gasteiger partial charge on any atom is -0.756 e. The molecule has 0 heterocycles. The standard InChI is InChI=1S/C77H149N2O7P/c1-7-10-13-16-19-22-25-28-30-32-34-36-37-38-39-40-41-43-44-46-48-51-54-57-60-63-66-69-76(80)78-74(73-85-87(82,83)84-72-71-79(4,5)6)75(68-65-62-59-56-53-50-27-24-21-18-15-12-9-3)86-77(81)70-67-64-61-58-55-52-49-47-45-42-35-33-31-29-26-23-20-17-14-11-8-2/h20,23,29,31,65,68,74-75H,7-19,21-22,24-28,30,32-64,66-67,69-73H2,1-6H3,(H-,78,80,82,83)/b23-20-,31-29-,68-65+. The maximum Gasteiger partial charge on any atom is 0.306 e. The largest absolute Gasteiger partial charge is 0.756 e. The molecule has 0 bridgehead atoms. The Balaban J connectivity index is 4.97. The highest BCUT2D eigenvalue weighted by Gasteiger charge is 2.27. The third kappa shape index (κ3) is 68.4.